The monoisotopic (exact) mass is 494 g/mol. The van der Waals surface area contributed by atoms with Crippen molar-refractivity contribution in [2.24, 2.45) is 16.3 Å². The Kier molecular flexibility index (Phi) is 6.44. The van der Waals surface area contributed by atoms with Crippen molar-refractivity contribution in [3.8, 4) is 0 Å². The average molecular weight is 495 g/mol. The van der Waals surface area contributed by atoms with E-state index in [0.717, 1.165) is 45.6 Å². The van der Waals surface area contributed by atoms with E-state index in [1.807, 2.05) is 60.8 Å². The normalized spacial score (nSPS) is 16.3. The van der Waals surface area contributed by atoms with Gasteiger partial charge in [-0.3, -0.25) is 4.79 Å². The molecule has 1 aromatic heterocycles. The van der Waals surface area contributed by atoms with Crippen molar-refractivity contribution in [1.82, 2.24) is 0 Å². The fraction of sp³-hybridized carbons (Fsp3) is 0.308. The van der Waals surface area contributed by atoms with Crippen molar-refractivity contribution in [1.29, 1.82) is 0 Å². The van der Waals surface area contributed by atoms with Gasteiger partial charge in [-0.05, 0) is 66.0 Å². The lowest BCUT2D eigenvalue weighted by molar-refractivity contribution is 0.102. The van der Waals surface area contributed by atoms with Gasteiger partial charge in [0, 0.05) is 21.3 Å². The average Bonchev–Trinajstić information content (AvgIpc) is 3.11. The third kappa shape index (κ3) is 5.16. The van der Waals surface area contributed by atoms with Crippen LogP contribution < -0.4 is 5.32 Å². The zero-order valence-electron chi connectivity index (χ0n) is 18.1. The standard InChI is InChI=1S/C26H27BrN2OS/c1-26(2,3)18-11-14-21-22(15-18)31-25(28-16-17-9-12-19(27)13-10-17)23(21)24(30)29-20-7-5-4-6-8-20/h4-10,12-13,16,18H,11,14-15H2,1-3H3,(H,29,30)/t18-/m0/s1. The predicted octanol–water partition coefficient (Wildman–Crippen LogP) is 7.66. The number of nitrogens with one attached hydrogen (secondary N) is 1. The van der Waals surface area contributed by atoms with Crippen LogP contribution in [0.15, 0.2) is 64.1 Å². The van der Waals surface area contributed by atoms with Crippen LogP contribution in [-0.4, -0.2) is 12.1 Å². The summed E-state index contributed by atoms with van der Waals surface area (Å²) in [7, 11) is 0. The van der Waals surface area contributed by atoms with Crippen LogP contribution in [0.25, 0.3) is 0 Å². The zero-order valence-corrected chi connectivity index (χ0v) is 20.5. The molecule has 0 bridgehead atoms. The number of nitrogens with zero attached hydrogens (tertiary/aromatic N) is 1. The second-order valence-corrected chi connectivity index (χ2v) is 11.1. The van der Waals surface area contributed by atoms with Gasteiger partial charge in [-0.1, -0.05) is 67.0 Å². The number of fused-ring (bicyclic) bond motifs is 1. The number of benzene rings is 2. The van der Waals surface area contributed by atoms with Gasteiger partial charge < -0.3 is 5.32 Å². The molecule has 1 atom stereocenters. The maximum atomic E-state index is 13.3. The Balaban J connectivity index is 1.69. The number of halogens is 1. The van der Waals surface area contributed by atoms with E-state index in [-0.39, 0.29) is 11.3 Å². The number of aliphatic imine (C=N–C) groups is 1. The predicted molar refractivity (Wildman–Crippen MR) is 135 cm³/mol. The van der Waals surface area contributed by atoms with Crippen LogP contribution in [0, 0.1) is 11.3 Å². The lowest BCUT2D eigenvalue weighted by Gasteiger charge is -2.33. The summed E-state index contributed by atoms with van der Waals surface area (Å²) < 4.78 is 1.03. The molecule has 0 spiro atoms. The van der Waals surface area contributed by atoms with Gasteiger partial charge in [0.05, 0.1) is 5.56 Å². The van der Waals surface area contributed by atoms with Crippen LogP contribution >= 0.6 is 27.3 Å². The van der Waals surface area contributed by atoms with Gasteiger partial charge in [0.1, 0.15) is 5.00 Å². The van der Waals surface area contributed by atoms with Gasteiger partial charge in [0.25, 0.3) is 5.91 Å². The van der Waals surface area contributed by atoms with E-state index in [9.17, 15) is 4.79 Å². The molecule has 3 aromatic rings. The van der Waals surface area contributed by atoms with Gasteiger partial charge in [-0.15, -0.1) is 11.3 Å². The number of rotatable bonds is 4. The van der Waals surface area contributed by atoms with Crippen molar-refractivity contribution >= 4 is 50.1 Å². The van der Waals surface area contributed by atoms with Crippen LogP contribution in [0.3, 0.4) is 0 Å². The highest BCUT2D eigenvalue weighted by atomic mass is 79.9. The van der Waals surface area contributed by atoms with Crippen LogP contribution in [0.4, 0.5) is 10.7 Å². The Labute approximate surface area is 196 Å². The van der Waals surface area contributed by atoms with E-state index in [2.05, 4.69) is 42.0 Å². The van der Waals surface area contributed by atoms with E-state index >= 15 is 0 Å². The smallest absolute Gasteiger partial charge is 0.259 e. The summed E-state index contributed by atoms with van der Waals surface area (Å²) in [4.78, 5) is 19.4. The van der Waals surface area contributed by atoms with Crippen LogP contribution in [0.1, 0.15) is 53.6 Å². The van der Waals surface area contributed by atoms with Crippen molar-refractivity contribution in [3.05, 3.63) is 80.6 Å². The van der Waals surface area contributed by atoms with Gasteiger partial charge in [-0.25, -0.2) is 4.99 Å². The minimum Gasteiger partial charge on any atom is -0.322 e. The van der Waals surface area contributed by atoms with E-state index in [1.165, 1.54) is 10.4 Å². The number of thiophene rings is 1. The Morgan fingerprint density at radius 3 is 2.52 bits per heavy atom. The fourth-order valence-corrected chi connectivity index (χ4v) is 5.57. The fourth-order valence-electron chi connectivity index (χ4n) is 4.03. The lowest BCUT2D eigenvalue weighted by atomic mass is 9.72. The summed E-state index contributed by atoms with van der Waals surface area (Å²) in [5.74, 6) is 0.549. The number of carbonyl (C=O) groups excluding carboxylic acids is 1. The Bertz CT molecular complexity index is 1090. The molecule has 31 heavy (non-hydrogen) atoms. The molecule has 0 unspecified atom stereocenters. The highest BCUT2D eigenvalue weighted by molar-refractivity contribution is 9.10. The summed E-state index contributed by atoms with van der Waals surface area (Å²) in [6.45, 7) is 6.93. The first-order valence-corrected chi connectivity index (χ1v) is 12.2. The number of amides is 1. The molecule has 0 saturated carbocycles. The summed E-state index contributed by atoms with van der Waals surface area (Å²) >= 11 is 5.14. The molecule has 1 amide bonds. The summed E-state index contributed by atoms with van der Waals surface area (Å²) in [5, 5.41) is 3.87. The van der Waals surface area contributed by atoms with Crippen molar-refractivity contribution < 1.29 is 4.79 Å². The highest BCUT2D eigenvalue weighted by Crippen LogP contribution is 2.45. The Hall–Kier alpha value is -2.24. The maximum absolute atomic E-state index is 13.3. The van der Waals surface area contributed by atoms with Gasteiger partial charge in [-0.2, -0.15) is 0 Å². The number of para-hydroxylation sites is 1. The Morgan fingerprint density at radius 1 is 1.13 bits per heavy atom. The summed E-state index contributed by atoms with van der Waals surface area (Å²) in [6, 6.07) is 17.7. The number of carbonyl (C=O) groups is 1. The molecular weight excluding hydrogens is 468 g/mol. The lowest BCUT2D eigenvalue weighted by Crippen LogP contribution is -2.27. The molecule has 0 aliphatic heterocycles. The summed E-state index contributed by atoms with van der Waals surface area (Å²) in [5.41, 5.74) is 4.00. The largest absolute Gasteiger partial charge is 0.322 e. The second kappa shape index (κ2) is 9.09. The van der Waals surface area contributed by atoms with Gasteiger partial charge >= 0.3 is 0 Å². The number of hydrogen-bond acceptors (Lipinski definition) is 3. The van der Waals surface area contributed by atoms with Crippen molar-refractivity contribution in [3.63, 3.8) is 0 Å². The molecule has 1 aliphatic rings. The molecule has 1 heterocycles. The molecule has 160 valence electrons. The summed E-state index contributed by atoms with van der Waals surface area (Å²) in [6.07, 6.45) is 4.90. The van der Waals surface area contributed by atoms with Crippen LogP contribution in [-0.2, 0) is 12.8 Å². The number of anilines is 1. The molecular formula is C26H27BrN2OS. The van der Waals surface area contributed by atoms with E-state index < -0.39 is 0 Å². The van der Waals surface area contributed by atoms with Crippen molar-refractivity contribution in [2.45, 2.75) is 40.0 Å². The molecule has 2 aromatic carbocycles. The molecule has 4 rings (SSSR count). The number of hydrogen-bond donors (Lipinski definition) is 1. The van der Waals surface area contributed by atoms with E-state index in [0.29, 0.717) is 5.92 Å². The molecule has 0 radical (unpaired) electrons. The molecule has 1 N–H and O–H groups in total. The van der Waals surface area contributed by atoms with Crippen molar-refractivity contribution in [2.75, 3.05) is 5.32 Å². The minimum atomic E-state index is -0.0686. The topological polar surface area (TPSA) is 41.5 Å². The third-order valence-electron chi connectivity index (χ3n) is 5.93. The third-order valence-corrected chi connectivity index (χ3v) is 7.62. The first-order chi connectivity index (χ1) is 14.8. The first kappa shape index (κ1) is 22.0. The molecule has 0 saturated heterocycles. The SMILES string of the molecule is CC(C)(C)[C@H]1CCc2c(sc(N=Cc3ccc(Br)cc3)c2C(=O)Nc2ccccc2)C1. The van der Waals surface area contributed by atoms with Crippen LogP contribution in [0.2, 0.25) is 0 Å². The van der Waals surface area contributed by atoms with Gasteiger partial charge in [0.15, 0.2) is 0 Å². The molecule has 3 nitrogen and oxygen atoms in total. The van der Waals surface area contributed by atoms with E-state index in [4.69, 9.17) is 4.99 Å². The maximum Gasteiger partial charge on any atom is 0.259 e. The molecule has 0 fully saturated rings. The Morgan fingerprint density at radius 2 is 1.84 bits per heavy atom. The zero-order chi connectivity index (χ0) is 22.0. The minimum absolute atomic E-state index is 0.0686. The second-order valence-electron chi connectivity index (χ2n) is 9.12. The quantitative estimate of drug-likeness (QED) is 0.371. The molecule has 1 aliphatic carbocycles. The highest BCUT2D eigenvalue weighted by Gasteiger charge is 2.33. The first-order valence-electron chi connectivity index (χ1n) is 10.6. The van der Waals surface area contributed by atoms with Crippen LogP contribution in [0.5, 0.6) is 0 Å². The van der Waals surface area contributed by atoms with E-state index in [1.54, 1.807) is 11.3 Å². The molecule has 5 heteroatoms. The van der Waals surface area contributed by atoms with Gasteiger partial charge in [0.2, 0.25) is 0 Å².